The molecule has 0 unspecified atom stereocenters. The number of halogens is 3. The van der Waals surface area contributed by atoms with E-state index >= 15 is 0 Å². The molecule has 0 aliphatic heterocycles. The molecule has 3 rings (SSSR count). The Hall–Kier alpha value is -3.29. The molecule has 0 saturated heterocycles. The molecule has 33 heavy (non-hydrogen) atoms. The zero-order valence-corrected chi connectivity index (χ0v) is 19.2. The smallest absolute Gasteiger partial charge is 0.444 e. The number of benzene rings is 2. The first-order valence-electron chi connectivity index (χ1n) is 10.5. The normalized spacial score (nSPS) is 12.5. The van der Waals surface area contributed by atoms with Crippen LogP contribution >= 0.6 is 0 Å². The van der Waals surface area contributed by atoms with Gasteiger partial charge in [-0.2, -0.15) is 0 Å². The molecule has 0 fully saturated rings. The van der Waals surface area contributed by atoms with Crippen LogP contribution in [0.1, 0.15) is 57.1 Å². The van der Waals surface area contributed by atoms with Crippen molar-refractivity contribution in [3.05, 3.63) is 66.1 Å². The number of anilines is 1. The Kier molecular flexibility index (Phi) is 6.58. The van der Waals surface area contributed by atoms with E-state index in [0.29, 0.717) is 5.56 Å². The van der Waals surface area contributed by atoms with Gasteiger partial charge in [-0.3, -0.25) is 4.79 Å². The predicted molar refractivity (Wildman–Crippen MR) is 120 cm³/mol. The Labute approximate surface area is 191 Å². The summed E-state index contributed by atoms with van der Waals surface area (Å²) < 4.78 is 46.5. The minimum Gasteiger partial charge on any atom is -0.444 e. The van der Waals surface area contributed by atoms with Gasteiger partial charge in [0.1, 0.15) is 12.0 Å². The summed E-state index contributed by atoms with van der Waals surface area (Å²) in [5.41, 5.74) is 2.21. The second kappa shape index (κ2) is 8.92. The molecule has 5 nitrogen and oxygen atoms in total. The summed E-state index contributed by atoms with van der Waals surface area (Å²) >= 11 is 0. The molecule has 0 spiro atoms. The first kappa shape index (κ1) is 24.4. The van der Waals surface area contributed by atoms with Crippen LogP contribution in [0.5, 0.6) is 5.75 Å². The Balaban J connectivity index is 1.71. The summed E-state index contributed by atoms with van der Waals surface area (Å²) in [5.74, 6) is -0.776. The van der Waals surface area contributed by atoms with Gasteiger partial charge < -0.3 is 14.5 Å². The number of nitrogens with zero attached hydrogens (tertiary/aromatic N) is 1. The van der Waals surface area contributed by atoms with Crippen LogP contribution < -0.4 is 10.1 Å². The SMILES string of the molecule is CC(C)(C)CC(C)(C)c1ccc(-c2nc(C(=O)Nc3cccc(OC(F)(F)F)c3)co2)cc1. The predicted octanol–water partition coefficient (Wildman–Crippen LogP) is 7.21. The van der Waals surface area contributed by atoms with Gasteiger partial charge in [0.05, 0.1) is 0 Å². The molecular formula is C25H27F3N2O3. The Morgan fingerprint density at radius 2 is 1.70 bits per heavy atom. The van der Waals surface area contributed by atoms with Gasteiger partial charge in [-0.05, 0) is 47.1 Å². The molecule has 176 valence electrons. The molecule has 8 heteroatoms. The van der Waals surface area contributed by atoms with Crippen LogP contribution in [-0.4, -0.2) is 17.3 Å². The largest absolute Gasteiger partial charge is 0.573 e. The number of oxazole rings is 1. The highest BCUT2D eigenvalue weighted by Crippen LogP contribution is 2.36. The van der Waals surface area contributed by atoms with Crippen LogP contribution in [0.15, 0.2) is 59.2 Å². The molecule has 0 aliphatic carbocycles. The fraction of sp³-hybridized carbons (Fsp3) is 0.360. The molecule has 0 bridgehead atoms. The Morgan fingerprint density at radius 1 is 1.03 bits per heavy atom. The lowest BCUT2D eigenvalue weighted by Crippen LogP contribution is -2.24. The van der Waals surface area contributed by atoms with Crippen molar-refractivity contribution in [2.75, 3.05) is 5.32 Å². The van der Waals surface area contributed by atoms with Crippen LogP contribution in [-0.2, 0) is 5.41 Å². The summed E-state index contributed by atoms with van der Waals surface area (Å²) in [7, 11) is 0. The lowest BCUT2D eigenvalue weighted by Gasteiger charge is -2.33. The van der Waals surface area contributed by atoms with Gasteiger partial charge in [0, 0.05) is 17.3 Å². The second-order valence-electron chi connectivity index (χ2n) is 9.77. The number of amides is 1. The van der Waals surface area contributed by atoms with Gasteiger partial charge >= 0.3 is 6.36 Å². The lowest BCUT2D eigenvalue weighted by molar-refractivity contribution is -0.274. The number of rotatable bonds is 6. The van der Waals surface area contributed by atoms with Crippen molar-refractivity contribution in [1.29, 1.82) is 0 Å². The van der Waals surface area contributed by atoms with E-state index < -0.39 is 18.0 Å². The maximum absolute atomic E-state index is 12.5. The van der Waals surface area contributed by atoms with E-state index in [9.17, 15) is 18.0 Å². The summed E-state index contributed by atoms with van der Waals surface area (Å²) in [6, 6.07) is 12.8. The quantitative estimate of drug-likeness (QED) is 0.422. The highest BCUT2D eigenvalue weighted by atomic mass is 19.4. The third kappa shape index (κ3) is 6.84. The fourth-order valence-electron chi connectivity index (χ4n) is 3.97. The van der Waals surface area contributed by atoms with Crippen LogP contribution in [0.3, 0.4) is 0 Å². The third-order valence-electron chi connectivity index (χ3n) is 4.95. The molecule has 0 aliphatic rings. The molecule has 1 N–H and O–H groups in total. The summed E-state index contributed by atoms with van der Waals surface area (Å²) in [4.78, 5) is 16.7. The van der Waals surface area contributed by atoms with Crippen LogP contribution in [0.4, 0.5) is 18.9 Å². The van der Waals surface area contributed by atoms with E-state index in [0.717, 1.165) is 18.6 Å². The van der Waals surface area contributed by atoms with E-state index in [4.69, 9.17) is 4.42 Å². The molecule has 0 atom stereocenters. The van der Waals surface area contributed by atoms with E-state index in [-0.39, 0.29) is 28.1 Å². The average molecular weight is 460 g/mol. The molecule has 0 saturated carbocycles. The van der Waals surface area contributed by atoms with E-state index in [1.807, 2.05) is 24.3 Å². The standard InChI is InChI=1S/C25H27F3N2O3/c1-23(2,3)15-24(4,5)17-11-9-16(10-12-17)22-30-20(14-32-22)21(31)29-18-7-6-8-19(13-18)33-25(26,27)28/h6-14H,15H2,1-5H3,(H,29,31). The van der Waals surface area contributed by atoms with Crippen molar-refractivity contribution < 1.29 is 27.1 Å². The number of carbonyl (C=O) groups is 1. The first-order chi connectivity index (χ1) is 15.2. The van der Waals surface area contributed by atoms with Gasteiger partial charge in [0.15, 0.2) is 5.69 Å². The molecule has 1 heterocycles. The first-order valence-corrected chi connectivity index (χ1v) is 10.5. The topological polar surface area (TPSA) is 64.4 Å². The highest BCUT2D eigenvalue weighted by molar-refractivity contribution is 6.03. The minimum absolute atomic E-state index is 0.00396. The molecule has 1 aromatic heterocycles. The number of aromatic nitrogens is 1. The van der Waals surface area contributed by atoms with Gasteiger partial charge in [0.2, 0.25) is 5.89 Å². The summed E-state index contributed by atoms with van der Waals surface area (Å²) in [6.45, 7) is 11.0. The van der Waals surface area contributed by atoms with Crippen LogP contribution in [0.2, 0.25) is 0 Å². The van der Waals surface area contributed by atoms with Crippen LogP contribution in [0, 0.1) is 5.41 Å². The zero-order chi connectivity index (χ0) is 24.4. The van der Waals surface area contributed by atoms with Crippen molar-refractivity contribution in [3.63, 3.8) is 0 Å². The van der Waals surface area contributed by atoms with Gasteiger partial charge in [-0.25, -0.2) is 4.98 Å². The molecule has 0 radical (unpaired) electrons. The molecule has 3 aromatic rings. The summed E-state index contributed by atoms with van der Waals surface area (Å²) in [5, 5.41) is 2.49. The Bertz CT molecular complexity index is 1110. The second-order valence-corrected chi connectivity index (χ2v) is 9.77. The number of hydrogen-bond acceptors (Lipinski definition) is 4. The number of alkyl halides is 3. The lowest BCUT2D eigenvalue weighted by atomic mass is 9.72. The maximum atomic E-state index is 12.5. The molecular weight excluding hydrogens is 433 g/mol. The number of ether oxygens (including phenoxy) is 1. The minimum atomic E-state index is -4.82. The van der Waals surface area contributed by atoms with Crippen molar-refractivity contribution >= 4 is 11.6 Å². The van der Waals surface area contributed by atoms with Crippen LogP contribution in [0.25, 0.3) is 11.5 Å². The summed E-state index contributed by atoms with van der Waals surface area (Å²) in [6.07, 6.45) is -2.60. The third-order valence-corrected chi connectivity index (χ3v) is 4.95. The number of nitrogens with one attached hydrogen (secondary N) is 1. The zero-order valence-electron chi connectivity index (χ0n) is 19.2. The van der Waals surface area contributed by atoms with Crippen molar-refractivity contribution in [2.45, 2.75) is 52.8 Å². The monoisotopic (exact) mass is 460 g/mol. The Morgan fingerprint density at radius 3 is 2.30 bits per heavy atom. The molecule has 2 aromatic carbocycles. The van der Waals surface area contributed by atoms with Crippen molar-refractivity contribution in [2.24, 2.45) is 5.41 Å². The van der Waals surface area contributed by atoms with E-state index in [1.54, 1.807) is 0 Å². The van der Waals surface area contributed by atoms with Crippen molar-refractivity contribution in [1.82, 2.24) is 4.98 Å². The van der Waals surface area contributed by atoms with Gasteiger partial charge in [0.25, 0.3) is 5.91 Å². The number of carbonyl (C=O) groups excluding carboxylic acids is 1. The van der Waals surface area contributed by atoms with Gasteiger partial charge in [-0.1, -0.05) is 52.8 Å². The highest BCUT2D eigenvalue weighted by Gasteiger charge is 2.31. The van der Waals surface area contributed by atoms with E-state index in [1.165, 1.54) is 24.0 Å². The number of hydrogen-bond donors (Lipinski definition) is 1. The molecule has 1 amide bonds. The maximum Gasteiger partial charge on any atom is 0.573 e. The average Bonchev–Trinajstić information content (AvgIpc) is 3.15. The fourth-order valence-corrected chi connectivity index (χ4v) is 3.97. The van der Waals surface area contributed by atoms with Crippen molar-refractivity contribution in [3.8, 4) is 17.2 Å². The van der Waals surface area contributed by atoms with Gasteiger partial charge in [-0.15, -0.1) is 13.2 Å². The van der Waals surface area contributed by atoms with E-state index in [2.05, 4.69) is 49.7 Å².